The summed E-state index contributed by atoms with van der Waals surface area (Å²) in [4.78, 5) is 11.7. The smallest absolute Gasteiger partial charge is 0.387 e. The molecule has 0 heterocycles. The molecular weight excluding hydrogens is 357 g/mol. The Morgan fingerprint density at radius 3 is 2.70 bits per heavy atom. The van der Waals surface area contributed by atoms with Gasteiger partial charge in [0.2, 0.25) is 5.91 Å². The molecule has 8 heteroatoms. The van der Waals surface area contributed by atoms with E-state index in [1.54, 1.807) is 12.1 Å². The van der Waals surface area contributed by atoms with Crippen molar-refractivity contribution in [1.29, 1.82) is 0 Å². The van der Waals surface area contributed by atoms with Gasteiger partial charge in [-0.1, -0.05) is 15.9 Å². The number of carbonyl (C=O) groups excluding carboxylic acids is 1. The van der Waals surface area contributed by atoms with Gasteiger partial charge in [0.25, 0.3) is 0 Å². The van der Waals surface area contributed by atoms with Crippen LogP contribution in [-0.4, -0.2) is 18.1 Å². The standard InChI is InChI=1S/C12H13BrF2N2O2.ClH/c13-8-1-2-9(19-11(14)15)7(5-8)6-17-10(18)12(16)3-4-12;/h1-2,5,11H,3-4,6,16H2,(H,17,18);1H. The molecule has 1 aliphatic carbocycles. The highest BCUT2D eigenvalue weighted by Crippen LogP contribution is 2.32. The van der Waals surface area contributed by atoms with Crippen molar-refractivity contribution in [2.45, 2.75) is 31.5 Å². The quantitative estimate of drug-likeness (QED) is 0.836. The molecule has 1 aromatic rings. The molecule has 3 N–H and O–H groups in total. The largest absolute Gasteiger partial charge is 0.434 e. The van der Waals surface area contributed by atoms with Gasteiger partial charge in [0.1, 0.15) is 5.75 Å². The van der Waals surface area contributed by atoms with Crippen molar-refractivity contribution in [3.63, 3.8) is 0 Å². The van der Waals surface area contributed by atoms with E-state index in [9.17, 15) is 13.6 Å². The Morgan fingerprint density at radius 1 is 1.50 bits per heavy atom. The van der Waals surface area contributed by atoms with E-state index in [0.717, 1.165) is 0 Å². The van der Waals surface area contributed by atoms with Crippen LogP contribution in [0.5, 0.6) is 5.75 Å². The Kier molecular flexibility index (Phi) is 5.73. The minimum Gasteiger partial charge on any atom is -0.434 e. The van der Waals surface area contributed by atoms with Gasteiger partial charge in [-0.2, -0.15) is 8.78 Å². The number of rotatable bonds is 5. The highest BCUT2D eigenvalue weighted by atomic mass is 79.9. The van der Waals surface area contributed by atoms with E-state index in [1.807, 2.05) is 0 Å². The Bertz CT molecular complexity index is 498. The summed E-state index contributed by atoms with van der Waals surface area (Å²) in [6.07, 6.45) is 1.30. The summed E-state index contributed by atoms with van der Waals surface area (Å²) in [5, 5.41) is 2.63. The van der Waals surface area contributed by atoms with Gasteiger partial charge in [-0.05, 0) is 31.0 Å². The fourth-order valence-electron chi connectivity index (χ4n) is 1.61. The molecule has 20 heavy (non-hydrogen) atoms. The van der Waals surface area contributed by atoms with Crippen molar-refractivity contribution in [3.05, 3.63) is 28.2 Å². The number of hydrogen-bond donors (Lipinski definition) is 2. The summed E-state index contributed by atoms with van der Waals surface area (Å²) >= 11 is 3.24. The number of ether oxygens (including phenoxy) is 1. The number of hydrogen-bond acceptors (Lipinski definition) is 3. The lowest BCUT2D eigenvalue weighted by molar-refractivity contribution is -0.123. The minimum absolute atomic E-state index is 0. The van der Waals surface area contributed by atoms with E-state index in [2.05, 4.69) is 26.0 Å². The normalized spacial score (nSPS) is 15.4. The number of carbonyl (C=O) groups is 1. The summed E-state index contributed by atoms with van der Waals surface area (Å²) in [7, 11) is 0. The van der Waals surface area contributed by atoms with Crippen molar-refractivity contribution in [1.82, 2.24) is 5.32 Å². The number of benzene rings is 1. The third-order valence-electron chi connectivity index (χ3n) is 2.92. The maximum atomic E-state index is 12.3. The molecule has 1 fully saturated rings. The van der Waals surface area contributed by atoms with Crippen LogP contribution in [0.3, 0.4) is 0 Å². The summed E-state index contributed by atoms with van der Waals surface area (Å²) in [5.41, 5.74) is 5.41. The van der Waals surface area contributed by atoms with E-state index >= 15 is 0 Å². The predicted molar refractivity (Wildman–Crippen MR) is 76.0 cm³/mol. The number of nitrogens with one attached hydrogen (secondary N) is 1. The Balaban J connectivity index is 0.00000200. The topological polar surface area (TPSA) is 64.4 Å². The number of halogens is 4. The molecule has 112 valence electrons. The first-order chi connectivity index (χ1) is 8.90. The van der Waals surface area contributed by atoms with Crippen LogP contribution in [0.4, 0.5) is 8.78 Å². The molecule has 0 spiro atoms. The second-order valence-electron chi connectivity index (χ2n) is 4.47. The van der Waals surface area contributed by atoms with Crippen LogP contribution in [0.1, 0.15) is 18.4 Å². The second kappa shape index (κ2) is 6.69. The highest BCUT2D eigenvalue weighted by Gasteiger charge is 2.45. The second-order valence-corrected chi connectivity index (χ2v) is 5.39. The SMILES string of the molecule is Cl.NC1(C(=O)NCc2cc(Br)ccc2OC(F)F)CC1. The minimum atomic E-state index is -2.90. The molecule has 2 rings (SSSR count). The van der Waals surface area contributed by atoms with E-state index in [0.29, 0.717) is 22.9 Å². The van der Waals surface area contributed by atoms with Crippen LogP contribution >= 0.6 is 28.3 Å². The van der Waals surface area contributed by atoms with Crippen LogP contribution in [0.15, 0.2) is 22.7 Å². The van der Waals surface area contributed by atoms with Crippen LogP contribution < -0.4 is 15.8 Å². The van der Waals surface area contributed by atoms with Gasteiger partial charge < -0.3 is 15.8 Å². The van der Waals surface area contributed by atoms with Gasteiger partial charge in [0.15, 0.2) is 0 Å². The van der Waals surface area contributed by atoms with E-state index in [-0.39, 0.29) is 30.6 Å². The van der Waals surface area contributed by atoms with Crippen LogP contribution in [-0.2, 0) is 11.3 Å². The van der Waals surface area contributed by atoms with Gasteiger partial charge in [-0.15, -0.1) is 12.4 Å². The Hall–Kier alpha value is -0.920. The molecule has 0 atom stereocenters. The first-order valence-corrected chi connectivity index (χ1v) is 6.50. The zero-order valence-corrected chi connectivity index (χ0v) is 12.8. The summed E-state index contributed by atoms with van der Waals surface area (Å²) in [5.74, 6) is -0.226. The van der Waals surface area contributed by atoms with Gasteiger partial charge in [-0.3, -0.25) is 4.79 Å². The first kappa shape index (κ1) is 17.1. The lowest BCUT2D eigenvalue weighted by Crippen LogP contribution is -2.42. The van der Waals surface area contributed by atoms with Crippen molar-refractivity contribution < 1.29 is 18.3 Å². The van der Waals surface area contributed by atoms with E-state index in [1.165, 1.54) is 6.07 Å². The zero-order valence-electron chi connectivity index (χ0n) is 10.4. The van der Waals surface area contributed by atoms with Crippen molar-refractivity contribution >= 4 is 34.2 Å². The predicted octanol–water partition coefficient (Wildman–Crippen LogP) is 2.58. The lowest BCUT2D eigenvalue weighted by atomic mass is 10.2. The molecular formula is C12H14BrClF2N2O2. The summed E-state index contributed by atoms with van der Waals surface area (Å²) < 4.78 is 29.6. The molecule has 0 bridgehead atoms. The molecule has 0 saturated heterocycles. The van der Waals surface area contributed by atoms with Gasteiger partial charge in [0.05, 0.1) is 5.54 Å². The first-order valence-electron chi connectivity index (χ1n) is 5.71. The average molecular weight is 372 g/mol. The average Bonchev–Trinajstić information content (AvgIpc) is 3.08. The number of amides is 1. The van der Waals surface area contributed by atoms with Gasteiger partial charge in [-0.25, -0.2) is 0 Å². The molecule has 0 aliphatic heterocycles. The molecule has 1 aliphatic rings. The molecule has 1 saturated carbocycles. The van der Waals surface area contributed by atoms with E-state index < -0.39 is 12.2 Å². The zero-order chi connectivity index (χ0) is 14.0. The number of nitrogens with two attached hydrogens (primary N) is 1. The van der Waals surface area contributed by atoms with E-state index in [4.69, 9.17) is 5.73 Å². The molecule has 0 unspecified atom stereocenters. The van der Waals surface area contributed by atoms with Crippen LogP contribution in [0, 0.1) is 0 Å². The summed E-state index contributed by atoms with van der Waals surface area (Å²) in [6, 6.07) is 4.63. The Labute approximate surface area is 129 Å². The number of alkyl halides is 2. The fourth-order valence-corrected chi connectivity index (χ4v) is 2.02. The van der Waals surface area contributed by atoms with Crippen molar-refractivity contribution in [3.8, 4) is 5.75 Å². The lowest BCUT2D eigenvalue weighted by Gasteiger charge is -2.14. The third-order valence-corrected chi connectivity index (χ3v) is 3.41. The molecule has 0 radical (unpaired) electrons. The summed E-state index contributed by atoms with van der Waals surface area (Å²) in [6.45, 7) is -2.81. The monoisotopic (exact) mass is 370 g/mol. The van der Waals surface area contributed by atoms with Crippen LogP contribution in [0.25, 0.3) is 0 Å². The maximum absolute atomic E-state index is 12.3. The van der Waals surface area contributed by atoms with Crippen LogP contribution in [0.2, 0.25) is 0 Å². The fraction of sp³-hybridized carbons (Fsp3) is 0.417. The Morgan fingerprint density at radius 2 is 2.15 bits per heavy atom. The molecule has 1 aromatic carbocycles. The van der Waals surface area contributed by atoms with Crippen molar-refractivity contribution in [2.75, 3.05) is 0 Å². The highest BCUT2D eigenvalue weighted by molar-refractivity contribution is 9.10. The van der Waals surface area contributed by atoms with Crippen molar-refractivity contribution in [2.24, 2.45) is 5.73 Å². The third kappa shape index (κ3) is 4.29. The molecule has 4 nitrogen and oxygen atoms in total. The maximum Gasteiger partial charge on any atom is 0.387 e. The van der Waals surface area contributed by atoms with Gasteiger partial charge in [0, 0.05) is 16.6 Å². The van der Waals surface area contributed by atoms with Gasteiger partial charge >= 0.3 is 6.61 Å². The molecule has 0 aromatic heterocycles. The molecule has 1 amide bonds.